The minimum atomic E-state index is -0.368. The molecule has 0 N–H and O–H groups in total. The van der Waals surface area contributed by atoms with Crippen LogP contribution in [0.15, 0.2) is 18.3 Å². The summed E-state index contributed by atoms with van der Waals surface area (Å²) in [5, 5.41) is 4.44. The summed E-state index contributed by atoms with van der Waals surface area (Å²) in [6, 6.07) is 3.36. The molecule has 1 atom stereocenters. The maximum Gasteiger partial charge on any atom is 0.338 e. The molecule has 0 aromatic carbocycles. The second-order valence-corrected chi connectivity index (χ2v) is 4.59. The van der Waals surface area contributed by atoms with Gasteiger partial charge in [-0.05, 0) is 25.0 Å². The number of rotatable bonds is 2. The summed E-state index contributed by atoms with van der Waals surface area (Å²) in [5.41, 5.74) is 1.14. The Bertz CT molecular complexity index is 602. The third kappa shape index (κ3) is 2.31. The van der Waals surface area contributed by atoms with Crippen molar-refractivity contribution >= 4 is 11.6 Å². The Kier molecular flexibility index (Phi) is 3.16. The fourth-order valence-corrected chi connectivity index (χ4v) is 2.26. The molecule has 2 aromatic heterocycles. The smallest absolute Gasteiger partial charge is 0.338 e. The Labute approximate surface area is 110 Å². The lowest BCUT2D eigenvalue weighted by atomic mass is 10.0. The van der Waals surface area contributed by atoms with E-state index in [0.29, 0.717) is 17.8 Å². The third-order valence-corrected chi connectivity index (χ3v) is 3.30. The number of hydrogen-bond acceptors (Lipinski definition) is 5. The highest BCUT2D eigenvalue weighted by Gasteiger charge is 2.20. The fourth-order valence-electron chi connectivity index (χ4n) is 2.26. The molecular weight excluding hydrogens is 246 g/mol. The molecule has 1 aliphatic heterocycles. The van der Waals surface area contributed by atoms with Crippen LogP contribution < -0.4 is 0 Å². The van der Waals surface area contributed by atoms with Crippen molar-refractivity contribution in [2.24, 2.45) is 0 Å². The van der Waals surface area contributed by atoms with Crippen molar-refractivity contribution in [2.45, 2.75) is 18.8 Å². The Morgan fingerprint density at radius 3 is 3.21 bits per heavy atom. The predicted octanol–water partition coefficient (Wildman–Crippen LogP) is 1.41. The second kappa shape index (κ2) is 4.97. The first kappa shape index (κ1) is 12.1. The number of esters is 1. The van der Waals surface area contributed by atoms with Crippen molar-refractivity contribution in [3.05, 3.63) is 29.7 Å². The van der Waals surface area contributed by atoms with Crippen molar-refractivity contribution in [2.75, 3.05) is 20.3 Å². The molecule has 0 aliphatic carbocycles. The molecule has 19 heavy (non-hydrogen) atoms. The topological polar surface area (TPSA) is 65.7 Å². The number of hydrogen-bond donors (Lipinski definition) is 0. The maximum atomic E-state index is 11.5. The van der Waals surface area contributed by atoms with E-state index in [1.807, 2.05) is 0 Å². The van der Waals surface area contributed by atoms with Crippen LogP contribution in [0.5, 0.6) is 0 Å². The van der Waals surface area contributed by atoms with Crippen LogP contribution in [0.2, 0.25) is 0 Å². The molecule has 6 nitrogen and oxygen atoms in total. The van der Waals surface area contributed by atoms with Crippen molar-refractivity contribution in [3.63, 3.8) is 0 Å². The second-order valence-electron chi connectivity index (χ2n) is 4.59. The first-order chi connectivity index (χ1) is 9.28. The number of fused-ring (bicyclic) bond motifs is 1. The number of nitrogens with zero attached hydrogens (tertiary/aromatic N) is 3. The first-order valence-electron chi connectivity index (χ1n) is 6.30. The molecule has 1 saturated heterocycles. The van der Waals surface area contributed by atoms with Gasteiger partial charge in [-0.1, -0.05) is 0 Å². The van der Waals surface area contributed by atoms with E-state index in [1.54, 1.807) is 22.8 Å². The van der Waals surface area contributed by atoms with Crippen LogP contribution in [0.1, 0.15) is 34.9 Å². The van der Waals surface area contributed by atoms with Crippen LogP contribution in [0.3, 0.4) is 0 Å². The molecule has 2 aromatic rings. The van der Waals surface area contributed by atoms with Crippen LogP contribution in [0.25, 0.3) is 5.65 Å². The van der Waals surface area contributed by atoms with Gasteiger partial charge in [0.1, 0.15) is 0 Å². The molecule has 1 aliphatic rings. The molecule has 3 heterocycles. The minimum Gasteiger partial charge on any atom is -0.465 e. The Morgan fingerprint density at radius 1 is 1.58 bits per heavy atom. The summed E-state index contributed by atoms with van der Waals surface area (Å²) >= 11 is 0. The van der Waals surface area contributed by atoms with E-state index in [1.165, 1.54) is 7.11 Å². The molecule has 1 unspecified atom stereocenters. The molecule has 0 radical (unpaired) electrons. The zero-order valence-electron chi connectivity index (χ0n) is 10.7. The largest absolute Gasteiger partial charge is 0.465 e. The third-order valence-electron chi connectivity index (χ3n) is 3.30. The number of pyridine rings is 1. The molecule has 0 saturated carbocycles. The quantitative estimate of drug-likeness (QED) is 0.765. The Hall–Kier alpha value is -1.95. The van der Waals surface area contributed by atoms with Crippen molar-refractivity contribution in [1.29, 1.82) is 0 Å². The molecule has 0 amide bonds. The van der Waals surface area contributed by atoms with E-state index in [4.69, 9.17) is 9.47 Å². The zero-order chi connectivity index (χ0) is 13.2. The van der Waals surface area contributed by atoms with Gasteiger partial charge in [0.2, 0.25) is 0 Å². The van der Waals surface area contributed by atoms with Crippen molar-refractivity contribution in [1.82, 2.24) is 14.6 Å². The number of methoxy groups -OCH3 is 1. The van der Waals surface area contributed by atoms with Crippen LogP contribution in [0.4, 0.5) is 0 Å². The lowest BCUT2D eigenvalue weighted by Gasteiger charge is -2.18. The monoisotopic (exact) mass is 261 g/mol. The summed E-state index contributed by atoms with van der Waals surface area (Å²) in [6.45, 7) is 1.48. The van der Waals surface area contributed by atoms with Crippen LogP contribution in [-0.2, 0) is 9.47 Å². The molecular formula is C13H15N3O3. The molecule has 1 fully saturated rings. The summed E-state index contributed by atoms with van der Waals surface area (Å²) in [6.07, 6.45) is 3.80. The molecule has 100 valence electrons. The zero-order valence-corrected chi connectivity index (χ0v) is 10.7. The fraction of sp³-hybridized carbons (Fsp3) is 0.462. The van der Waals surface area contributed by atoms with Crippen molar-refractivity contribution in [3.8, 4) is 0 Å². The van der Waals surface area contributed by atoms with Crippen LogP contribution >= 0.6 is 0 Å². The normalized spacial score (nSPS) is 19.5. The lowest BCUT2D eigenvalue weighted by Crippen LogP contribution is -2.16. The summed E-state index contributed by atoms with van der Waals surface area (Å²) in [7, 11) is 1.36. The summed E-state index contributed by atoms with van der Waals surface area (Å²) in [5.74, 6) is 0.657. The number of carbonyl (C=O) groups is 1. The highest BCUT2D eigenvalue weighted by molar-refractivity contribution is 5.90. The SMILES string of the molecule is COC(=O)c1ccn2nc(C3CCCOC3)nc2c1. The van der Waals surface area contributed by atoms with Gasteiger partial charge in [0.05, 0.1) is 19.3 Å². The van der Waals surface area contributed by atoms with Gasteiger partial charge < -0.3 is 9.47 Å². The number of aromatic nitrogens is 3. The summed E-state index contributed by atoms with van der Waals surface area (Å²) in [4.78, 5) is 15.9. The van der Waals surface area contributed by atoms with Gasteiger partial charge >= 0.3 is 5.97 Å². The van der Waals surface area contributed by atoms with Gasteiger partial charge in [-0.2, -0.15) is 5.10 Å². The van der Waals surface area contributed by atoms with Gasteiger partial charge in [-0.3, -0.25) is 0 Å². The van der Waals surface area contributed by atoms with E-state index < -0.39 is 0 Å². The van der Waals surface area contributed by atoms with Crippen molar-refractivity contribution < 1.29 is 14.3 Å². The Morgan fingerprint density at radius 2 is 2.47 bits per heavy atom. The lowest BCUT2D eigenvalue weighted by molar-refractivity contribution is 0.0600. The highest BCUT2D eigenvalue weighted by Crippen LogP contribution is 2.23. The van der Waals surface area contributed by atoms with Crippen LogP contribution in [0, 0.1) is 0 Å². The van der Waals surface area contributed by atoms with Gasteiger partial charge in [0.15, 0.2) is 11.5 Å². The van der Waals surface area contributed by atoms with E-state index in [2.05, 4.69) is 10.1 Å². The van der Waals surface area contributed by atoms with E-state index in [9.17, 15) is 4.79 Å². The predicted molar refractivity (Wildman–Crippen MR) is 67.1 cm³/mol. The number of carbonyl (C=O) groups excluding carboxylic acids is 1. The maximum absolute atomic E-state index is 11.5. The van der Waals surface area contributed by atoms with E-state index >= 15 is 0 Å². The van der Waals surface area contributed by atoms with Gasteiger partial charge in [0.25, 0.3) is 0 Å². The molecule has 3 rings (SSSR count). The van der Waals surface area contributed by atoms with Gasteiger partial charge in [-0.15, -0.1) is 0 Å². The highest BCUT2D eigenvalue weighted by atomic mass is 16.5. The standard InChI is InChI=1S/C13H15N3O3/c1-18-13(17)9-4-5-16-11(7-9)14-12(15-16)10-3-2-6-19-8-10/h4-5,7,10H,2-3,6,8H2,1H3. The Balaban J connectivity index is 1.93. The summed E-state index contributed by atoms with van der Waals surface area (Å²) < 4.78 is 11.8. The average molecular weight is 261 g/mol. The minimum absolute atomic E-state index is 0.246. The van der Waals surface area contributed by atoms with E-state index in [-0.39, 0.29) is 11.9 Å². The van der Waals surface area contributed by atoms with Gasteiger partial charge in [-0.25, -0.2) is 14.3 Å². The molecule has 0 bridgehead atoms. The number of ether oxygens (including phenoxy) is 2. The molecule has 0 spiro atoms. The van der Waals surface area contributed by atoms with E-state index in [0.717, 1.165) is 25.3 Å². The molecule has 6 heteroatoms. The average Bonchev–Trinajstić information content (AvgIpc) is 2.90. The van der Waals surface area contributed by atoms with Crippen LogP contribution in [-0.4, -0.2) is 40.9 Å². The first-order valence-corrected chi connectivity index (χ1v) is 6.30. The van der Waals surface area contributed by atoms with Gasteiger partial charge in [0, 0.05) is 18.7 Å².